The molecule has 0 radical (unpaired) electrons. The highest BCUT2D eigenvalue weighted by Gasteiger charge is 2.37. The maximum atomic E-state index is 13.0. The molecule has 9 heteroatoms. The molecule has 0 bridgehead atoms. The molecule has 35 heavy (non-hydrogen) atoms. The van der Waals surface area contributed by atoms with E-state index in [1.165, 1.54) is 23.5 Å². The highest BCUT2D eigenvalue weighted by Crippen LogP contribution is 2.30. The Morgan fingerprint density at radius 1 is 1.00 bits per heavy atom. The number of fused-ring (bicyclic) bond motifs is 1. The molecule has 8 nitrogen and oxygen atoms in total. The second-order valence-electron chi connectivity index (χ2n) is 7.68. The summed E-state index contributed by atoms with van der Waals surface area (Å²) in [4.78, 5) is 48.4. The van der Waals surface area contributed by atoms with Crippen molar-refractivity contribution in [1.29, 1.82) is 0 Å². The number of hydrogen-bond acceptors (Lipinski definition) is 7. The minimum absolute atomic E-state index is 0.200. The van der Waals surface area contributed by atoms with Gasteiger partial charge in [-0.25, -0.2) is 9.88 Å². The van der Waals surface area contributed by atoms with Gasteiger partial charge in [-0.15, -0.1) is 11.3 Å². The monoisotopic (exact) mass is 484 g/mol. The molecular formula is C26H20N4O4S. The summed E-state index contributed by atoms with van der Waals surface area (Å²) in [5.41, 5.74) is 2.97. The van der Waals surface area contributed by atoms with Gasteiger partial charge in [0, 0.05) is 28.9 Å². The zero-order valence-corrected chi connectivity index (χ0v) is 19.5. The lowest BCUT2D eigenvalue weighted by atomic mass is 10.1. The number of pyridine rings is 1. The van der Waals surface area contributed by atoms with Crippen LogP contribution in [0.5, 0.6) is 5.75 Å². The van der Waals surface area contributed by atoms with Crippen LogP contribution in [0.4, 0.5) is 5.69 Å². The van der Waals surface area contributed by atoms with Crippen LogP contribution in [0.15, 0.2) is 72.4 Å². The van der Waals surface area contributed by atoms with Gasteiger partial charge in [0.05, 0.1) is 35.7 Å². The fourth-order valence-electron chi connectivity index (χ4n) is 3.78. The van der Waals surface area contributed by atoms with Crippen molar-refractivity contribution < 1.29 is 19.1 Å². The van der Waals surface area contributed by atoms with E-state index in [1.54, 1.807) is 42.7 Å². The molecule has 5 rings (SSSR count). The Labute approximate surface area is 205 Å². The zero-order valence-electron chi connectivity index (χ0n) is 18.7. The SMILES string of the molecule is CCOc1ccc(N2C(=O)c3ccc(C(=O)NCc4nc(-c5ccncc5)cs4)cc3C2=O)cc1. The number of nitrogens with one attached hydrogen (secondary N) is 1. The molecule has 1 aliphatic rings. The third-order valence-corrected chi connectivity index (χ3v) is 6.33. The lowest BCUT2D eigenvalue weighted by molar-refractivity contribution is 0.0923. The maximum absolute atomic E-state index is 13.0. The van der Waals surface area contributed by atoms with Gasteiger partial charge in [0.2, 0.25) is 0 Å². The summed E-state index contributed by atoms with van der Waals surface area (Å²) in [6.07, 6.45) is 3.40. The molecule has 1 aliphatic heterocycles. The van der Waals surface area contributed by atoms with E-state index in [0.717, 1.165) is 21.2 Å². The van der Waals surface area contributed by atoms with E-state index >= 15 is 0 Å². The molecule has 0 aliphatic carbocycles. The van der Waals surface area contributed by atoms with E-state index in [-0.39, 0.29) is 23.6 Å². The van der Waals surface area contributed by atoms with E-state index in [9.17, 15) is 14.4 Å². The molecule has 0 unspecified atom stereocenters. The molecule has 1 N–H and O–H groups in total. The summed E-state index contributed by atoms with van der Waals surface area (Å²) in [5, 5.41) is 5.50. The summed E-state index contributed by atoms with van der Waals surface area (Å²) in [6, 6.07) is 15.0. The zero-order chi connectivity index (χ0) is 24.4. The Balaban J connectivity index is 1.29. The van der Waals surface area contributed by atoms with Crippen molar-refractivity contribution in [1.82, 2.24) is 15.3 Å². The molecule has 4 aromatic rings. The van der Waals surface area contributed by atoms with Crippen molar-refractivity contribution in [3.8, 4) is 17.0 Å². The summed E-state index contributed by atoms with van der Waals surface area (Å²) in [7, 11) is 0. The van der Waals surface area contributed by atoms with Gasteiger partial charge in [-0.3, -0.25) is 19.4 Å². The molecule has 0 saturated heterocycles. The number of carbonyl (C=O) groups is 3. The van der Waals surface area contributed by atoms with E-state index in [1.807, 2.05) is 24.4 Å². The summed E-state index contributed by atoms with van der Waals surface area (Å²) >= 11 is 1.44. The smallest absolute Gasteiger partial charge is 0.266 e. The molecule has 2 aromatic carbocycles. The summed E-state index contributed by atoms with van der Waals surface area (Å²) in [5.74, 6) is -0.591. The Bertz CT molecular complexity index is 1420. The van der Waals surface area contributed by atoms with Crippen molar-refractivity contribution in [2.75, 3.05) is 11.5 Å². The average Bonchev–Trinajstić information content (AvgIpc) is 3.46. The maximum Gasteiger partial charge on any atom is 0.266 e. The number of hydrogen-bond donors (Lipinski definition) is 1. The Hall–Kier alpha value is -4.37. The van der Waals surface area contributed by atoms with Gasteiger partial charge in [-0.1, -0.05) is 0 Å². The topological polar surface area (TPSA) is 101 Å². The minimum atomic E-state index is -0.467. The van der Waals surface area contributed by atoms with Gasteiger partial charge in [0.25, 0.3) is 17.7 Å². The molecule has 2 aromatic heterocycles. The van der Waals surface area contributed by atoms with Crippen molar-refractivity contribution >= 4 is 34.7 Å². The predicted molar refractivity (Wildman–Crippen MR) is 132 cm³/mol. The van der Waals surface area contributed by atoms with Gasteiger partial charge >= 0.3 is 0 Å². The third kappa shape index (κ3) is 4.41. The number of thiazole rings is 1. The molecule has 3 heterocycles. The lowest BCUT2D eigenvalue weighted by Crippen LogP contribution is -2.29. The van der Waals surface area contributed by atoms with Crippen molar-refractivity contribution in [3.05, 3.63) is 94.1 Å². The first kappa shape index (κ1) is 22.4. The van der Waals surface area contributed by atoms with Crippen LogP contribution in [-0.4, -0.2) is 34.3 Å². The summed E-state index contributed by atoms with van der Waals surface area (Å²) in [6.45, 7) is 2.64. The minimum Gasteiger partial charge on any atom is -0.494 e. The number of aromatic nitrogens is 2. The Morgan fingerprint density at radius 3 is 2.49 bits per heavy atom. The van der Waals surface area contributed by atoms with Crippen LogP contribution in [0.1, 0.15) is 43.0 Å². The fraction of sp³-hybridized carbons (Fsp3) is 0.115. The highest BCUT2D eigenvalue weighted by molar-refractivity contribution is 7.09. The van der Waals surface area contributed by atoms with Gasteiger partial charge in [0.15, 0.2) is 0 Å². The lowest BCUT2D eigenvalue weighted by Gasteiger charge is -2.14. The third-order valence-electron chi connectivity index (χ3n) is 5.48. The van der Waals surface area contributed by atoms with Crippen molar-refractivity contribution in [3.63, 3.8) is 0 Å². The van der Waals surface area contributed by atoms with Gasteiger partial charge in [-0.05, 0) is 61.5 Å². The Morgan fingerprint density at radius 2 is 1.74 bits per heavy atom. The van der Waals surface area contributed by atoms with Gasteiger partial charge in [-0.2, -0.15) is 0 Å². The number of ether oxygens (including phenoxy) is 1. The first-order valence-corrected chi connectivity index (χ1v) is 11.8. The highest BCUT2D eigenvalue weighted by atomic mass is 32.1. The van der Waals surface area contributed by atoms with Gasteiger partial charge < -0.3 is 10.1 Å². The van der Waals surface area contributed by atoms with E-state index in [0.29, 0.717) is 23.6 Å². The number of benzene rings is 2. The molecule has 0 spiro atoms. The number of carbonyl (C=O) groups excluding carboxylic acids is 3. The number of rotatable bonds is 7. The van der Waals surface area contributed by atoms with Crippen LogP contribution in [-0.2, 0) is 6.54 Å². The molecule has 0 fully saturated rings. The van der Waals surface area contributed by atoms with Crippen LogP contribution in [0, 0.1) is 0 Å². The number of imide groups is 1. The van der Waals surface area contributed by atoms with Crippen molar-refractivity contribution in [2.24, 2.45) is 0 Å². The van der Waals surface area contributed by atoms with E-state index in [2.05, 4.69) is 15.3 Å². The number of amides is 3. The van der Waals surface area contributed by atoms with Crippen molar-refractivity contribution in [2.45, 2.75) is 13.5 Å². The van der Waals surface area contributed by atoms with Crippen LogP contribution >= 0.6 is 11.3 Å². The molecular weight excluding hydrogens is 464 g/mol. The van der Waals surface area contributed by atoms with Gasteiger partial charge in [0.1, 0.15) is 10.8 Å². The van der Waals surface area contributed by atoms with Crippen LogP contribution < -0.4 is 15.0 Å². The standard InChI is InChI=1S/C26H20N4O4S/c1-2-34-19-6-4-18(5-7-19)30-25(32)20-8-3-17(13-21(20)26(30)33)24(31)28-14-23-29-22(15-35-23)16-9-11-27-12-10-16/h3-13,15H,2,14H2,1H3,(H,28,31). The number of nitrogens with zero attached hydrogens (tertiary/aromatic N) is 3. The quantitative estimate of drug-likeness (QED) is 0.392. The Kier molecular flexibility index (Phi) is 6.07. The fourth-order valence-corrected chi connectivity index (χ4v) is 4.52. The average molecular weight is 485 g/mol. The molecule has 174 valence electrons. The normalized spacial score (nSPS) is 12.5. The second-order valence-corrected chi connectivity index (χ2v) is 8.62. The molecule has 3 amide bonds. The molecule has 0 atom stereocenters. The predicted octanol–water partition coefficient (Wildman–Crippen LogP) is 4.33. The molecule has 0 saturated carbocycles. The summed E-state index contributed by atoms with van der Waals surface area (Å²) < 4.78 is 5.42. The van der Waals surface area contributed by atoms with E-state index < -0.39 is 11.8 Å². The largest absolute Gasteiger partial charge is 0.494 e. The van der Waals surface area contributed by atoms with E-state index in [4.69, 9.17) is 4.74 Å². The number of anilines is 1. The first-order chi connectivity index (χ1) is 17.0. The van der Waals surface area contributed by atoms with Crippen LogP contribution in [0.3, 0.4) is 0 Å². The van der Waals surface area contributed by atoms with Crippen LogP contribution in [0.25, 0.3) is 11.3 Å². The second kappa shape index (κ2) is 9.47. The van der Waals surface area contributed by atoms with Crippen LogP contribution in [0.2, 0.25) is 0 Å². The first-order valence-electron chi connectivity index (χ1n) is 10.9.